The molecule has 0 spiro atoms. The Hall–Kier alpha value is -4.17. The van der Waals surface area contributed by atoms with Gasteiger partial charge in [0.25, 0.3) is 5.56 Å². The van der Waals surface area contributed by atoms with Crippen LogP contribution in [0.3, 0.4) is 0 Å². The number of rotatable bonds is 2. The van der Waals surface area contributed by atoms with Crippen molar-refractivity contribution in [2.75, 3.05) is 6.61 Å². The molecule has 1 unspecified atom stereocenters. The van der Waals surface area contributed by atoms with Crippen molar-refractivity contribution in [2.45, 2.75) is 19.6 Å². The number of benzene rings is 2. The molecule has 1 aliphatic rings. The lowest BCUT2D eigenvalue weighted by atomic mass is 10.0. The van der Waals surface area contributed by atoms with Gasteiger partial charge < -0.3 is 13.7 Å². The van der Waals surface area contributed by atoms with Crippen LogP contribution in [-0.2, 0) is 25.4 Å². The van der Waals surface area contributed by atoms with Crippen molar-refractivity contribution >= 4 is 21.9 Å². The van der Waals surface area contributed by atoms with Crippen LogP contribution in [0.4, 0.5) is 0 Å². The Morgan fingerprint density at radius 3 is 2.46 bits per heavy atom. The van der Waals surface area contributed by atoms with Gasteiger partial charge in [-0.25, -0.2) is 4.79 Å². The van der Waals surface area contributed by atoms with Crippen LogP contribution in [0.2, 0.25) is 0 Å². The van der Waals surface area contributed by atoms with Crippen LogP contribution < -0.4 is 16.7 Å². The molecule has 35 heavy (non-hydrogen) atoms. The molecule has 1 aliphatic heterocycles. The van der Waals surface area contributed by atoms with Gasteiger partial charge in [-0.2, -0.15) is 0 Å². The quantitative estimate of drug-likeness (QED) is 0.396. The number of fused-ring (bicyclic) bond motifs is 4. The highest BCUT2D eigenvalue weighted by atomic mass is 16.5. The van der Waals surface area contributed by atoms with E-state index >= 15 is 0 Å². The van der Waals surface area contributed by atoms with Crippen LogP contribution in [0, 0.1) is 6.92 Å². The van der Waals surface area contributed by atoms with E-state index in [1.807, 2.05) is 35.8 Å². The summed E-state index contributed by atoms with van der Waals surface area (Å²) in [6.45, 7) is 2.80. The topological polar surface area (TPSA) is 88.4 Å². The fourth-order valence-electron chi connectivity index (χ4n) is 5.10. The predicted octanol–water partition coefficient (Wildman–Crippen LogP) is 3.24. The van der Waals surface area contributed by atoms with Gasteiger partial charge in [-0.15, -0.1) is 0 Å². The van der Waals surface area contributed by atoms with Gasteiger partial charge in [0.15, 0.2) is 5.43 Å². The molecule has 0 saturated carbocycles. The lowest BCUT2D eigenvalue weighted by Crippen LogP contribution is -2.37. The average Bonchev–Trinajstić information content (AvgIpc) is 3.23. The van der Waals surface area contributed by atoms with E-state index < -0.39 is 11.8 Å². The molecule has 0 saturated heterocycles. The Labute approximate surface area is 199 Å². The van der Waals surface area contributed by atoms with Gasteiger partial charge in [-0.1, -0.05) is 42.0 Å². The number of para-hydroxylation sites is 1. The van der Waals surface area contributed by atoms with Gasteiger partial charge in [0.05, 0.1) is 39.8 Å². The summed E-state index contributed by atoms with van der Waals surface area (Å²) in [5.41, 5.74) is 3.51. The lowest BCUT2D eigenvalue weighted by molar-refractivity contribution is 0.0463. The second kappa shape index (κ2) is 7.68. The average molecular weight is 469 g/mol. The molecule has 8 heteroatoms. The highest BCUT2D eigenvalue weighted by Crippen LogP contribution is 2.40. The molecule has 8 nitrogen and oxygen atoms in total. The molecule has 2 aromatic carbocycles. The van der Waals surface area contributed by atoms with Crippen LogP contribution in [0.1, 0.15) is 22.9 Å². The van der Waals surface area contributed by atoms with Gasteiger partial charge in [0, 0.05) is 20.6 Å². The summed E-state index contributed by atoms with van der Waals surface area (Å²) in [7, 11) is 3.12. The Kier molecular flexibility index (Phi) is 4.69. The monoisotopic (exact) mass is 469 g/mol. The van der Waals surface area contributed by atoms with Gasteiger partial charge >= 0.3 is 5.69 Å². The van der Waals surface area contributed by atoms with Gasteiger partial charge in [-0.3, -0.25) is 18.7 Å². The molecule has 1 atom stereocenters. The first-order chi connectivity index (χ1) is 16.9. The van der Waals surface area contributed by atoms with Gasteiger partial charge in [0.1, 0.15) is 18.0 Å². The van der Waals surface area contributed by atoms with E-state index in [1.165, 1.54) is 17.9 Å². The Morgan fingerprint density at radius 2 is 1.69 bits per heavy atom. The summed E-state index contributed by atoms with van der Waals surface area (Å²) in [6.07, 6.45) is 0.623. The van der Waals surface area contributed by atoms with Gasteiger partial charge in [0.2, 0.25) is 0 Å². The normalized spacial score (nSPS) is 15.6. The fourth-order valence-corrected chi connectivity index (χ4v) is 5.10. The third-order valence-corrected chi connectivity index (χ3v) is 6.87. The first-order valence-electron chi connectivity index (χ1n) is 11.4. The SMILES string of the molecule is Cc1ccc(-c2c3c(=O)n(C)c(=O)n(C)c3c3n2CCOC3c2coc3ccccc3c2=O)cc1. The summed E-state index contributed by atoms with van der Waals surface area (Å²) in [5.74, 6) is 0. The third kappa shape index (κ3) is 2.99. The molecule has 0 bridgehead atoms. The van der Waals surface area contributed by atoms with E-state index in [4.69, 9.17) is 9.15 Å². The van der Waals surface area contributed by atoms with E-state index in [2.05, 4.69) is 0 Å². The summed E-state index contributed by atoms with van der Waals surface area (Å²) in [6, 6.07) is 15.0. The standard InChI is InChI=1S/C27H23N3O5/c1-15-8-10-16(11-9-15)21-20-22(28(2)27(33)29(3)26(20)32)23-25(34-13-12-30(21)23)18-14-35-19-7-5-4-6-17(19)24(18)31/h4-11,14,25H,12-13H2,1-3H3. The van der Waals surface area contributed by atoms with E-state index in [9.17, 15) is 14.4 Å². The minimum Gasteiger partial charge on any atom is -0.464 e. The molecule has 0 fully saturated rings. The van der Waals surface area contributed by atoms with Crippen molar-refractivity contribution in [1.82, 2.24) is 13.7 Å². The minimum atomic E-state index is -0.802. The fraction of sp³-hybridized carbons (Fsp3) is 0.222. The number of aromatic nitrogens is 3. The van der Waals surface area contributed by atoms with Crippen LogP contribution in [-0.4, -0.2) is 20.3 Å². The number of nitrogens with zero attached hydrogens (tertiary/aromatic N) is 3. The number of aryl methyl sites for hydroxylation is 2. The Balaban J connectivity index is 1.75. The highest BCUT2D eigenvalue weighted by molar-refractivity contribution is 5.96. The minimum absolute atomic E-state index is 0.203. The molecule has 4 heterocycles. The second-order valence-corrected chi connectivity index (χ2v) is 8.95. The van der Waals surface area contributed by atoms with Crippen molar-refractivity contribution in [1.29, 1.82) is 0 Å². The Morgan fingerprint density at radius 1 is 0.943 bits per heavy atom. The van der Waals surface area contributed by atoms with Crippen LogP contribution in [0.5, 0.6) is 0 Å². The van der Waals surface area contributed by atoms with Crippen molar-refractivity contribution in [3.05, 3.63) is 103 Å². The maximum Gasteiger partial charge on any atom is 0.331 e. The first-order valence-corrected chi connectivity index (χ1v) is 11.4. The molecule has 5 aromatic rings. The molecule has 0 aliphatic carbocycles. The molecular weight excluding hydrogens is 446 g/mol. The molecule has 0 amide bonds. The van der Waals surface area contributed by atoms with Crippen molar-refractivity contribution < 1.29 is 9.15 Å². The predicted molar refractivity (Wildman–Crippen MR) is 133 cm³/mol. The molecule has 0 N–H and O–H groups in total. The smallest absolute Gasteiger partial charge is 0.331 e. The molecule has 176 valence electrons. The largest absolute Gasteiger partial charge is 0.464 e. The third-order valence-electron chi connectivity index (χ3n) is 6.87. The molecule has 0 radical (unpaired) electrons. The summed E-state index contributed by atoms with van der Waals surface area (Å²) in [5, 5.41) is 0.874. The first kappa shape index (κ1) is 21.4. The number of ether oxygens (including phenoxy) is 1. The maximum atomic E-state index is 13.5. The van der Waals surface area contributed by atoms with E-state index in [0.29, 0.717) is 52.0 Å². The van der Waals surface area contributed by atoms with Crippen LogP contribution >= 0.6 is 0 Å². The van der Waals surface area contributed by atoms with E-state index in [-0.39, 0.29) is 11.0 Å². The molecule has 3 aromatic heterocycles. The van der Waals surface area contributed by atoms with Gasteiger partial charge in [-0.05, 0) is 24.6 Å². The van der Waals surface area contributed by atoms with Crippen molar-refractivity contribution in [3.63, 3.8) is 0 Å². The van der Waals surface area contributed by atoms with E-state index in [0.717, 1.165) is 15.7 Å². The summed E-state index contributed by atoms with van der Waals surface area (Å²) < 4.78 is 16.5. The lowest BCUT2D eigenvalue weighted by Gasteiger charge is -2.27. The van der Waals surface area contributed by atoms with Crippen LogP contribution in [0.25, 0.3) is 33.1 Å². The molecular formula is C27H23N3O5. The Bertz CT molecular complexity index is 1820. The van der Waals surface area contributed by atoms with Crippen LogP contribution in [0.15, 0.2) is 73.6 Å². The summed E-state index contributed by atoms with van der Waals surface area (Å²) in [4.78, 5) is 39.9. The maximum absolute atomic E-state index is 13.5. The molecule has 6 rings (SSSR count). The number of hydrogen-bond donors (Lipinski definition) is 0. The van der Waals surface area contributed by atoms with E-state index in [1.54, 1.807) is 31.3 Å². The summed E-state index contributed by atoms with van der Waals surface area (Å²) >= 11 is 0. The zero-order chi connectivity index (χ0) is 24.4. The van der Waals surface area contributed by atoms with Crippen molar-refractivity contribution in [2.24, 2.45) is 14.1 Å². The zero-order valence-corrected chi connectivity index (χ0v) is 19.6. The zero-order valence-electron chi connectivity index (χ0n) is 19.6. The highest BCUT2D eigenvalue weighted by Gasteiger charge is 2.34. The van der Waals surface area contributed by atoms with Crippen molar-refractivity contribution in [3.8, 4) is 11.3 Å². The number of hydrogen-bond acceptors (Lipinski definition) is 5. The second-order valence-electron chi connectivity index (χ2n) is 8.95.